The second kappa shape index (κ2) is 16.7. The Morgan fingerprint density at radius 3 is 1.78 bits per heavy atom. The fourth-order valence-corrected chi connectivity index (χ4v) is 3.64. The number of carbonyl (C=O) groups is 2. The second-order valence-corrected chi connectivity index (χ2v) is 9.27. The lowest BCUT2D eigenvalue weighted by molar-refractivity contribution is -0.141. The highest BCUT2D eigenvalue weighted by Crippen LogP contribution is 2.22. The number of unbranched alkanes of at least 4 members (excludes halogenated alkanes) is 8. The van der Waals surface area contributed by atoms with Crippen molar-refractivity contribution in [2.45, 2.75) is 91.2 Å². The molecular weight excluding hydrogens is 459 g/mol. The molecule has 2 aromatic carbocycles. The summed E-state index contributed by atoms with van der Waals surface area (Å²) in [5.74, 6) is -0.631. The van der Waals surface area contributed by atoms with Crippen LogP contribution in [0.3, 0.4) is 0 Å². The molecule has 0 amide bonds. The van der Waals surface area contributed by atoms with Gasteiger partial charge in [-0.1, -0.05) is 78.6 Å². The van der Waals surface area contributed by atoms with E-state index in [1.807, 2.05) is 6.92 Å². The molecule has 198 valence electrons. The van der Waals surface area contributed by atoms with E-state index in [9.17, 15) is 14.0 Å². The summed E-state index contributed by atoms with van der Waals surface area (Å²) in [5.41, 5.74) is 0.398. The minimum Gasteiger partial charge on any atom is -0.494 e. The van der Waals surface area contributed by atoms with E-state index in [-0.39, 0.29) is 5.75 Å². The van der Waals surface area contributed by atoms with Gasteiger partial charge in [-0.2, -0.15) is 0 Å². The molecule has 0 fully saturated rings. The van der Waals surface area contributed by atoms with Crippen LogP contribution in [0.2, 0.25) is 0 Å². The number of rotatable bonds is 17. The molecule has 0 saturated carbocycles. The Labute approximate surface area is 215 Å². The lowest BCUT2D eigenvalue weighted by Gasteiger charge is -2.13. The zero-order valence-electron chi connectivity index (χ0n) is 22.0. The third-order valence-electron chi connectivity index (χ3n) is 6.23. The minimum absolute atomic E-state index is 0.194. The SMILES string of the molecule is CCCCCCCCCCCOc1ccc(C(=O)Oc2ccc(OC(=O)[C@@H](F)[C@@H](C)CC)cc2)cc1. The molecule has 0 N–H and O–H groups in total. The zero-order valence-corrected chi connectivity index (χ0v) is 22.0. The molecule has 2 rings (SSSR count). The van der Waals surface area contributed by atoms with Crippen LogP contribution in [0.5, 0.6) is 17.2 Å². The number of carbonyl (C=O) groups excluding carboxylic acids is 2. The molecule has 5 nitrogen and oxygen atoms in total. The number of hydrogen-bond donors (Lipinski definition) is 0. The number of alkyl halides is 1. The minimum atomic E-state index is -1.68. The zero-order chi connectivity index (χ0) is 26.2. The monoisotopic (exact) mass is 500 g/mol. The summed E-state index contributed by atoms with van der Waals surface area (Å²) in [5, 5.41) is 0. The van der Waals surface area contributed by atoms with Crippen LogP contribution in [0.15, 0.2) is 48.5 Å². The van der Waals surface area contributed by atoms with Crippen LogP contribution in [0.4, 0.5) is 4.39 Å². The fraction of sp³-hybridized carbons (Fsp3) is 0.533. The first-order chi connectivity index (χ1) is 17.4. The smallest absolute Gasteiger partial charge is 0.346 e. The molecule has 0 spiro atoms. The molecule has 2 atom stereocenters. The molecule has 0 heterocycles. The molecule has 0 aliphatic rings. The van der Waals surface area contributed by atoms with Gasteiger partial charge in [0.2, 0.25) is 0 Å². The normalized spacial score (nSPS) is 12.6. The van der Waals surface area contributed by atoms with Crippen molar-refractivity contribution in [2.75, 3.05) is 6.61 Å². The van der Waals surface area contributed by atoms with Gasteiger partial charge < -0.3 is 14.2 Å². The third-order valence-corrected chi connectivity index (χ3v) is 6.23. The van der Waals surface area contributed by atoms with E-state index in [2.05, 4.69) is 6.92 Å². The Morgan fingerprint density at radius 2 is 1.22 bits per heavy atom. The highest BCUT2D eigenvalue weighted by molar-refractivity contribution is 5.91. The molecule has 36 heavy (non-hydrogen) atoms. The van der Waals surface area contributed by atoms with Gasteiger partial charge in [-0.15, -0.1) is 0 Å². The van der Waals surface area contributed by atoms with Crippen molar-refractivity contribution >= 4 is 11.9 Å². The molecule has 0 aromatic heterocycles. The summed E-state index contributed by atoms with van der Waals surface area (Å²) in [6.45, 7) is 6.37. The number of esters is 2. The van der Waals surface area contributed by atoms with E-state index < -0.39 is 24.0 Å². The number of hydrogen-bond acceptors (Lipinski definition) is 5. The van der Waals surface area contributed by atoms with Crippen molar-refractivity contribution < 1.29 is 28.2 Å². The Bertz CT molecular complexity index is 895. The standard InChI is InChI=1S/C30H41FO5/c1-4-6-7-8-9-10-11-12-13-22-34-25-16-14-24(15-17-25)29(32)35-26-18-20-27(21-19-26)36-30(33)28(31)23(3)5-2/h14-21,23,28H,4-13,22H2,1-3H3/t23-,28-/m0/s1. The van der Waals surface area contributed by atoms with Crippen LogP contribution in [0.1, 0.15) is 95.3 Å². The number of ether oxygens (including phenoxy) is 3. The molecule has 0 aliphatic carbocycles. The maximum absolute atomic E-state index is 14.0. The van der Waals surface area contributed by atoms with Crippen LogP contribution >= 0.6 is 0 Å². The van der Waals surface area contributed by atoms with E-state index in [1.165, 1.54) is 75.6 Å². The van der Waals surface area contributed by atoms with Crippen molar-refractivity contribution in [3.8, 4) is 17.2 Å². The van der Waals surface area contributed by atoms with Crippen molar-refractivity contribution in [1.82, 2.24) is 0 Å². The summed E-state index contributed by atoms with van der Waals surface area (Å²) in [6.07, 6.45) is 10.3. The van der Waals surface area contributed by atoms with Gasteiger partial charge in [-0.25, -0.2) is 14.0 Å². The number of benzene rings is 2. The summed E-state index contributed by atoms with van der Waals surface area (Å²) in [7, 11) is 0. The molecule has 0 saturated heterocycles. The molecule has 0 aliphatic heterocycles. The van der Waals surface area contributed by atoms with Gasteiger partial charge in [0.15, 0.2) is 6.17 Å². The van der Waals surface area contributed by atoms with Crippen LogP contribution in [0, 0.1) is 5.92 Å². The summed E-state index contributed by atoms with van der Waals surface area (Å²) in [4.78, 5) is 24.3. The van der Waals surface area contributed by atoms with Crippen LogP contribution in [-0.2, 0) is 4.79 Å². The predicted molar refractivity (Wildman–Crippen MR) is 141 cm³/mol. The van der Waals surface area contributed by atoms with Crippen molar-refractivity contribution in [3.63, 3.8) is 0 Å². The molecule has 0 unspecified atom stereocenters. The van der Waals surface area contributed by atoms with Gasteiger partial charge in [-0.05, 0) is 60.9 Å². The Morgan fingerprint density at radius 1 is 0.722 bits per heavy atom. The van der Waals surface area contributed by atoms with Crippen LogP contribution in [-0.4, -0.2) is 24.7 Å². The van der Waals surface area contributed by atoms with E-state index in [1.54, 1.807) is 31.2 Å². The summed E-state index contributed by atoms with van der Waals surface area (Å²) in [6, 6.07) is 12.8. The quantitative estimate of drug-likeness (QED) is 0.125. The second-order valence-electron chi connectivity index (χ2n) is 9.27. The highest BCUT2D eigenvalue weighted by atomic mass is 19.1. The first-order valence-electron chi connectivity index (χ1n) is 13.4. The van der Waals surface area contributed by atoms with Crippen LogP contribution < -0.4 is 14.2 Å². The average molecular weight is 501 g/mol. The Balaban J connectivity index is 1.69. The first kappa shape index (κ1) is 29.3. The predicted octanol–water partition coefficient (Wildman–Crippen LogP) is 8.11. The maximum atomic E-state index is 14.0. The lowest BCUT2D eigenvalue weighted by Crippen LogP contribution is -2.27. The fourth-order valence-electron chi connectivity index (χ4n) is 3.64. The van der Waals surface area contributed by atoms with Gasteiger partial charge in [0.05, 0.1) is 12.2 Å². The van der Waals surface area contributed by atoms with E-state index in [0.29, 0.717) is 24.3 Å². The van der Waals surface area contributed by atoms with Gasteiger partial charge >= 0.3 is 11.9 Å². The molecule has 0 radical (unpaired) electrons. The molecule has 0 bridgehead atoms. The van der Waals surface area contributed by atoms with Gasteiger partial charge in [-0.3, -0.25) is 0 Å². The Hall–Kier alpha value is -2.89. The largest absolute Gasteiger partial charge is 0.494 e. The number of halogens is 1. The molecular formula is C30H41FO5. The topological polar surface area (TPSA) is 61.8 Å². The van der Waals surface area contributed by atoms with Gasteiger partial charge in [0.1, 0.15) is 17.2 Å². The first-order valence-corrected chi connectivity index (χ1v) is 13.4. The maximum Gasteiger partial charge on any atom is 0.346 e. The van der Waals surface area contributed by atoms with Crippen molar-refractivity contribution in [1.29, 1.82) is 0 Å². The summed E-state index contributed by atoms with van der Waals surface area (Å²) < 4.78 is 30.2. The third kappa shape index (κ3) is 10.8. The van der Waals surface area contributed by atoms with Crippen molar-refractivity contribution in [2.24, 2.45) is 5.92 Å². The summed E-state index contributed by atoms with van der Waals surface area (Å²) >= 11 is 0. The van der Waals surface area contributed by atoms with Crippen LogP contribution in [0.25, 0.3) is 0 Å². The lowest BCUT2D eigenvalue weighted by atomic mass is 10.0. The molecule has 6 heteroatoms. The molecule has 2 aromatic rings. The van der Waals surface area contributed by atoms with Gasteiger partial charge in [0, 0.05) is 0 Å². The van der Waals surface area contributed by atoms with Gasteiger partial charge in [0.25, 0.3) is 0 Å². The van der Waals surface area contributed by atoms with Crippen molar-refractivity contribution in [3.05, 3.63) is 54.1 Å². The Kier molecular flexibility index (Phi) is 13.6. The highest BCUT2D eigenvalue weighted by Gasteiger charge is 2.25. The average Bonchev–Trinajstić information content (AvgIpc) is 2.90. The van der Waals surface area contributed by atoms with E-state index in [4.69, 9.17) is 14.2 Å². The van der Waals surface area contributed by atoms with E-state index >= 15 is 0 Å². The van der Waals surface area contributed by atoms with E-state index in [0.717, 1.165) is 12.2 Å².